The molecule has 1 saturated heterocycles. The number of oxazole rings is 1. The van der Waals surface area contributed by atoms with Gasteiger partial charge >= 0.3 is 5.76 Å². The third-order valence-electron chi connectivity index (χ3n) is 3.45. The molecule has 0 spiro atoms. The number of rotatable bonds is 2. The summed E-state index contributed by atoms with van der Waals surface area (Å²) in [4.78, 5) is 11.6. The Morgan fingerprint density at radius 3 is 2.80 bits per heavy atom. The fraction of sp³-hybridized carbons (Fsp3) is 0.417. The van der Waals surface area contributed by atoms with Crippen LogP contribution in [0.1, 0.15) is 6.92 Å². The second-order valence-corrected chi connectivity index (χ2v) is 7.96. The largest absolute Gasteiger partial charge is 0.419 e. The fourth-order valence-electron chi connectivity index (χ4n) is 2.30. The molecule has 0 N–H and O–H groups in total. The van der Waals surface area contributed by atoms with E-state index in [1.165, 1.54) is 27.1 Å². The third kappa shape index (κ3) is 1.99. The molecule has 2 aromatic rings. The molecule has 0 bridgehead atoms. The highest BCUT2D eigenvalue weighted by atomic mass is 32.2. The lowest BCUT2D eigenvalue weighted by molar-refractivity contribution is 0.442. The first-order valence-corrected chi connectivity index (χ1v) is 8.63. The van der Waals surface area contributed by atoms with E-state index in [9.17, 15) is 13.2 Å². The number of hydrogen-bond donors (Lipinski definition) is 0. The lowest BCUT2D eigenvalue weighted by Gasteiger charge is -2.19. The van der Waals surface area contributed by atoms with Gasteiger partial charge < -0.3 is 4.42 Å². The molecular formula is C12H14N2O4S2. The van der Waals surface area contributed by atoms with Crippen LogP contribution in [-0.2, 0) is 17.1 Å². The second kappa shape index (κ2) is 4.64. The summed E-state index contributed by atoms with van der Waals surface area (Å²) in [6.45, 7) is 2.39. The molecule has 0 saturated carbocycles. The lowest BCUT2D eigenvalue weighted by Crippen LogP contribution is -2.33. The van der Waals surface area contributed by atoms with E-state index in [0.29, 0.717) is 17.6 Å². The summed E-state index contributed by atoms with van der Waals surface area (Å²) in [7, 11) is -1.98. The van der Waals surface area contributed by atoms with Crippen molar-refractivity contribution in [3.05, 3.63) is 28.7 Å². The van der Waals surface area contributed by atoms with Crippen molar-refractivity contribution < 1.29 is 12.8 Å². The Labute approximate surface area is 120 Å². The Kier molecular flexibility index (Phi) is 3.19. The maximum atomic E-state index is 12.6. The van der Waals surface area contributed by atoms with Crippen LogP contribution in [0.25, 0.3) is 11.1 Å². The predicted octanol–water partition coefficient (Wildman–Crippen LogP) is 1.22. The van der Waals surface area contributed by atoms with E-state index in [0.717, 1.165) is 5.75 Å². The first kappa shape index (κ1) is 13.7. The number of sulfonamides is 1. The molecule has 8 heteroatoms. The van der Waals surface area contributed by atoms with Gasteiger partial charge in [-0.1, -0.05) is 0 Å². The number of nitrogens with zero attached hydrogens (tertiary/aromatic N) is 2. The molecule has 1 aromatic carbocycles. The van der Waals surface area contributed by atoms with Crippen LogP contribution in [0.3, 0.4) is 0 Å². The molecule has 1 unspecified atom stereocenters. The van der Waals surface area contributed by atoms with Gasteiger partial charge in [-0.3, -0.25) is 4.57 Å². The maximum Gasteiger partial charge on any atom is 0.419 e. The highest BCUT2D eigenvalue weighted by Crippen LogP contribution is 2.30. The van der Waals surface area contributed by atoms with E-state index in [-0.39, 0.29) is 10.3 Å². The van der Waals surface area contributed by atoms with E-state index in [4.69, 9.17) is 4.42 Å². The fourth-order valence-corrected chi connectivity index (χ4v) is 5.34. The Bertz CT molecular complexity index is 822. The first-order chi connectivity index (χ1) is 9.41. The summed E-state index contributed by atoms with van der Waals surface area (Å²) >= 11 is 1.61. The summed E-state index contributed by atoms with van der Waals surface area (Å²) in [6.07, 6.45) is 0. The number of hydrogen-bond acceptors (Lipinski definition) is 5. The molecule has 3 rings (SSSR count). The molecule has 2 heterocycles. The number of aromatic nitrogens is 1. The van der Waals surface area contributed by atoms with Crippen LogP contribution in [-0.4, -0.2) is 35.0 Å². The molecule has 6 nitrogen and oxygen atoms in total. The van der Waals surface area contributed by atoms with Gasteiger partial charge in [-0.05, 0) is 25.1 Å². The van der Waals surface area contributed by atoms with Gasteiger partial charge in [0.25, 0.3) is 0 Å². The summed E-state index contributed by atoms with van der Waals surface area (Å²) in [6, 6.07) is 4.50. The van der Waals surface area contributed by atoms with Gasteiger partial charge in [0.2, 0.25) is 10.0 Å². The van der Waals surface area contributed by atoms with Gasteiger partial charge in [0, 0.05) is 19.3 Å². The predicted molar refractivity (Wildman–Crippen MR) is 77.3 cm³/mol. The molecule has 0 amide bonds. The second-order valence-electron chi connectivity index (χ2n) is 4.64. The lowest BCUT2D eigenvalue weighted by atomic mass is 10.3. The molecule has 0 aliphatic carbocycles. The molecule has 1 atom stereocenters. The Morgan fingerprint density at radius 1 is 1.40 bits per heavy atom. The van der Waals surface area contributed by atoms with Crippen LogP contribution in [0.5, 0.6) is 0 Å². The van der Waals surface area contributed by atoms with E-state index >= 15 is 0 Å². The van der Waals surface area contributed by atoms with Gasteiger partial charge in [0.1, 0.15) is 0 Å². The summed E-state index contributed by atoms with van der Waals surface area (Å²) in [5.74, 6) is 0.298. The van der Waals surface area contributed by atoms with Crippen LogP contribution in [0, 0.1) is 0 Å². The number of fused-ring (bicyclic) bond motifs is 1. The van der Waals surface area contributed by atoms with Crippen molar-refractivity contribution in [1.82, 2.24) is 8.87 Å². The van der Waals surface area contributed by atoms with E-state index in [1.807, 2.05) is 6.92 Å². The van der Waals surface area contributed by atoms with E-state index in [2.05, 4.69) is 0 Å². The molecule has 0 radical (unpaired) electrons. The SMILES string of the molecule is CC1SCCN1S(=O)(=O)c1ccc2oc(=O)n(C)c2c1. The minimum Gasteiger partial charge on any atom is -0.408 e. The van der Waals surface area contributed by atoms with E-state index in [1.54, 1.807) is 18.8 Å². The minimum atomic E-state index is -3.53. The topological polar surface area (TPSA) is 72.5 Å². The Balaban J connectivity index is 2.14. The molecular weight excluding hydrogens is 300 g/mol. The molecule has 1 fully saturated rings. The van der Waals surface area contributed by atoms with Crippen molar-refractivity contribution in [1.29, 1.82) is 0 Å². The third-order valence-corrected chi connectivity index (χ3v) is 6.70. The van der Waals surface area contributed by atoms with Crippen molar-refractivity contribution in [3.63, 3.8) is 0 Å². The average molecular weight is 314 g/mol. The standard InChI is InChI=1S/C12H14N2O4S2/c1-8-14(5-6-19-8)20(16,17)9-3-4-11-10(7-9)13(2)12(15)18-11/h3-4,7-8H,5-6H2,1-2H3. The van der Waals surface area contributed by atoms with Gasteiger partial charge in [0.15, 0.2) is 5.58 Å². The smallest absolute Gasteiger partial charge is 0.408 e. The normalized spacial score (nSPS) is 20.8. The zero-order chi connectivity index (χ0) is 14.5. The van der Waals surface area contributed by atoms with Gasteiger partial charge in [-0.15, -0.1) is 11.8 Å². The number of benzene rings is 1. The number of thioether (sulfide) groups is 1. The molecule has 1 aliphatic rings. The molecule has 108 valence electrons. The summed E-state index contributed by atoms with van der Waals surface area (Å²) in [5, 5.41) is -0.0659. The highest BCUT2D eigenvalue weighted by Gasteiger charge is 2.33. The number of aryl methyl sites for hydroxylation is 1. The highest BCUT2D eigenvalue weighted by molar-refractivity contribution is 8.01. The maximum absolute atomic E-state index is 12.6. The van der Waals surface area contributed by atoms with Crippen molar-refractivity contribution in [3.8, 4) is 0 Å². The van der Waals surface area contributed by atoms with Crippen LogP contribution in [0.4, 0.5) is 0 Å². The summed E-state index contributed by atoms with van der Waals surface area (Å²) < 4.78 is 33.0. The van der Waals surface area contributed by atoms with Crippen molar-refractivity contribution in [2.75, 3.05) is 12.3 Å². The van der Waals surface area contributed by atoms with Gasteiger partial charge in [0.05, 0.1) is 15.8 Å². The zero-order valence-electron chi connectivity index (χ0n) is 11.1. The van der Waals surface area contributed by atoms with Crippen LogP contribution < -0.4 is 5.76 Å². The molecule has 1 aromatic heterocycles. The first-order valence-electron chi connectivity index (χ1n) is 6.14. The molecule has 1 aliphatic heterocycles. The quantitative estimate of drug-likeness (QED) is 0.833. The Hall–Kier alpha value is -1.25. The minimum absolute atomic E-state index is 0.0659. The molecule has 20 heavy (non-hydrogen) atoms. The monoisotopic (exact) mass is 314 g/mol. The van der Waals surface area contributed by atoms with Crippen LogP contribution in [0.15, 0.2) is 32.3 Å². The van der Waals surface area contributed by atoms with Crippen LogP contribution >= 0.6 is 11.8 Å². The van der Waals surface area contributed by atoms with E-state index < -0.39 is 15.8 Å². The summed E-state index contributed by atoms with van der Waals surface area (Å²) in [5.41, 5.74) is 0.871. The van der Waals surface area contributed by atoms with Gasteiger partial charge in [-0.2, -0.15) is 4.31 Å². The van der Waals surface area contributed by atoms with Gasteiger partial charge in [-0.25, -0.2) is 13.2 Å². The van der Waals surface area contributed by atoms with Crippen LogP contribution in [0.2, 0.25) is 0 Å². The van der Waals surface area contributed by atoms with Crippen molar-refractivity contribution in [2.45, 2.75) is 17.2 Å². The van der Waals surface area contributed by atoms with Crippen molar-refractivity contribution >= 4 is 32.9 Å². The van der Waals surface area contributed by atoms with Crippen molar-refractivity contribution in [2.24, 2.45) is 7.05 Å². The Morgan fingerprint density at radius 2 is 2.15 bits per heavy atom. The zero-order valence-corrected chi connectivity index (χ0v) is 12.7. The average Bonchev–Trinajstić information content (AvgIpc) is 2.95.